The van der Waals surface area contributed by atoms with E-state index in [-0.39, 0.29) is 28.4 Å². The van der Waals surface area contributed by atoms with Crippen molar-refractivity contribution < 1.29 is 14.7 Å². The number of pyridine rings is 1. The van der Waals surface area contributed by atoms with Gasteiger partial charge in [-0.15, -0.1) is 0 Å². The van der Waals surface area contributed by atoms with Gasteiger partial charge in [-0.25, -0.2) is 4.98 Å². The zero-order valence-electron chi connectivity index (χ0n) is 10.3. The van der Waals surface area contributed by atoms with Crippen LogP contribution in [0.25, 0.3) is 0 Å². The molecule has 0 aliphatic rings. The molecule has 7 heteroatoms. The summed E-state index contributed by atoms with van der Waals surface area (Å²) in [6.07, 6.45) is 2.02. The standard InChI is InChI=1S/C12H14Cl2N2O3/c1-2-7(3-10(17)18)5-16-12(19)8-4-9(13)11(14)15-6-8/h4,6-7H,2-3,5H2,1H3,(H,16,19)(H,17,18). The van der Waals surface area contributed by atoms with Gasteiger partial charge in [-0.2, -0.15) is 0 Å². The number of carbonyl (C=O) groups is 2. The Bertz CT molecular complexity index is 480. The molecule has 0 aliphatic carbocycles. The van der Waals surface area contributed by atoms with E-state index in [0.717, 1.165) is 0 Å². The monoisotopic (exact) mass is 304 g/mol. The van der Waals surface area contributed by atoms with E-state index in [1.807, 2.05) is 6.92 Å². The van der Waals surface area contributed by atoms with Crippen LogP contribution in [0.4, 0.5) is 0 Å². The molecule has 0 fully saturated rings. The minimum absolute atomic E-state index is 0.0242. The fourth-order valence-corrected chi connectivity index (χ4v) is 1.76. The number of carbonyl (C=O) groups excluding carboxylic acids is 1. The molecule has 5 nitrogen and oxygen atoms in total. The summed E-state index contributed by atoms with van der Waals surface area (Å²) in [5.74, 6) is -1.33. The molecule has 1 heterocycles. The van der Waals surface area contributed by atoms with Crippen LogP contribution in [-0.4, -0.2) is 28.5 Å². The summed E-state index contributed by atoms with van der Waals surface area (Å²) in [6, 6.07) is 1.42. The number of nitrogens with one attached hydrogen (secondary N) is 1. The Labute approximate surface area is 120 Å². The molecular weight excluding hydrogens is 291 g/mol. The fourth-order valence-electron chi connectivity index (χ4n) is 1.49. The van der Waals surface area contributed by atoms with Crippen LogP contribution < -0.4 is 5.32 Å². The van der Waals surface area contributed by atoms with Crippen LogP contribution in [-0.2, 0) is 4.79 Å². The number of aromatic nitrogens is 1. The van der Waals surface area contributed by atoms with Crippen molar-refractivity contribution in [1.29, 1.82) is 0 Å². The van der Waals surface area contributed by atoms with Crippen molar-refractivity contribution in [2.75, 3.05) is 6.54 Å². The Balaban J connectivity index is 2.59. The number of nitrogens with zero attached hydrogens (tertiary/aromatic N) is 1. The van der Waals surface area contributed by atoms with Crippen molar-refractivity contribution in [1.82, 2.24) is 10.3 Å². The lowest BCUT2D eigenvalue weighted by molar-refractivity contribution is -0.138. The third kappa shape index (κ3) is 5.04. The molecule has 1 aromatic rings. The zero-order chi connectivity index (χ0) is 14.4. The van der Waals surface area contributed by atoms with Crippen LogP contribution >= 0.6 is 23.2 Å². The molecule has 0 aliphatic heterocycles. The number of amides is 1. The lowest BCUT2D eigenvalue weighted by Gasteiger charge is -2.13. The minimum Gasteiger partial charge on any atom is -0.481 e. The zero-order valence-corrected chi connectivity index (χ0v) is 11.8. The van der Waals surface area contributed by atoms with Gasteiger partial charge in [0.25, 0.3) is 5.91 Å². The molecule has 0 saturated carbocycles. The van der Waals surface area contributed by atoms with E-state index < -0.39 is 5.97 Å². The van der Waals surface area contributed by atoms with E-state index in [0.29, 0.717) is 18.5 Å². The van der Waals surface area contributed by atoms with E-state index in [1.54, 1.807) is 0 Å². The molecule has 104 valence electrons. The molecule has 0 aromatic carbocycles. The summed E-state index contributed by atoms with van der Waals surface area (Å²) in [5.41, 5.74) is 0.291. The third-order valence-electron chi connectivity index (χ3n) is 2.65. The fraction of sp³-hybridized carbons (Fsp3) is 0.417. The van der Waals surface area contributed by atoms with Gasteiger partial charge in [-0.05, 0) is 12.0 Å². The largest absolute Gasteiger partial charge is 0.481 e. The molecule has 1 aromatic heterocycles. The van der Waals surface area contributed by atoms with E-state index >= 15 is 0 Å². The molecule has 0 radical (unpaired) electrons. The van der Waals surface area contributed by atoms with Crippen molar-refractivity contribution in [3.8, 4) is 0 Å². The highest BCUT2D eigenvalue weighted by Gasteiger charge is 2.14. The first-order chi connectivity index (χ1) is 8.93. The van der Waals surface area contributed by atoms with E-state index in [4.69, 9.17) is 28.3 Å². The van der Waals surface area contributed by atoms with Crippen molar-refractivity contribution in [2.24, 2.45) is 5.92 Å². The topological polar surface area (TPSA) is 79.3 Å². The van der Waals surface area contributed by atoms with Crippen molar-refractivity contribution >= 4 is 35.1 Å². The first-order valence-electron chi connectivity index (χ1n) is 5.75. The second kappa shape index (κ2) is 7.31. The third-order valence-corrected chi connectivity index (χ3v) is 3.34. The Morgan fingerprint density at radius 1 is 1.47 bits per heavy atom. The van der Waals surface area contributed by atoms with Gasteiger partial charge >= 0.3 is 5.97 Å². The van der Waals surface area contributed by atoms with Crippen LogP contribution in [0.2, 0.25) is 10.2 Å². The highest BCUT2D eigenvalue weighted by atomic mass is 35.5. The molecule has 0 bridgehead atoms. The Kier molecular flexibility index (Phi) is 6.05. The van der Waals surface area contributed by atoms with Crippen LogP contribution in [0, 0.1) is 5.92 Å². The summed E-state index contributed by atoms with van der Waals surface area (Å²) in [5, 5.41) is 11.7. The number of aliphatic carboxylic acids is 1. The summed E-state index contributed by atoms with van der Waals surface area (Å²) < 4.78 is 0. The van der Waals surface area contributed by atoms with E-state index in [2.05, 4.69) is 10.3 Å². The predicted molar refractivity (Wildman–Crippen MR) is 72.6 cm³/mol. The second-order valence-electron chi connectivity index (χ2n) is 4.08. The minimum atomic E-state index is -0.877. The average molecular weight is 305 g/mol. The number of rotatable bonds is 6. The Morgan fingerprint density at radius 3 is 2.68 bits per heavy atom. The van der Waals surface area contributed by atoms with Crippen LogP contribution in [0.1, 0.15) is 30.1 Å². The Morgan fingerprint density at radius 2 is 2.16 bits per heavy atom. The molecule has 1 unspecified atom stereocenters. The summed E-state index contributed by atoms with van der Waals surface area (Å²) >= 11 is 11.4. The van der Waals surface area contributed by atoms with Gasteiger partial charge < -0.3 is 10.4 Å². The molecule has 19 heavy (non-hydrogen) atoms. The quantitative estimate of drug-likeness (QED) is 0.792. The smallest absolute Gasteiger partial charge is 0.303 e. The highest BCUT2D eigenvalue weighted by Crippen LogP contribution is 2.19. The van der Waals surface area contributed by atoms with E-state index in [9.17, 15) is 9.59 Å². The molecule has 1 amide bonds. The van der Waals surface area contributed by atoms with Crippen molar-refractivity contribution in [3.05, 3.63) is 28.0 Å². The second-order valence-corrected chi connectivity index (χ2v) is 4.84. The molecule has 2 N–H and O–H groups in total. The van der Waals surface area contributed by atoms with Crippen LogP contribution in [0.3, 0.4) is 0 Å². The number of hydrogen-bond donors (Lipinski definition) is 2. The SMILES string of the molecule is CCC(CNC(=O)c1cnc(Cl)c(Cl)c1)CC(=O)O. The van der Waals surface area contributed by atoms with Crippen LogP contribution in [0.5, 0.6) is 0 Å². The number of carboxylic acid groups (broad SMARTS) is 1. The van der Waals surface area contributed by atoms with Crippen LogP contribution in [0.15, 0.2) is 12.3 Å². The van der Waals surface area contributed by atoms with Crippen molar-refractivity contribution in [3.63, 3.8) is 0 Å². The van der Waals surface area contributed by atoms with E-state index in [1.165, 1.54) is 12.3 Å². The maximum absolute atomic E-state index is 11.8. The van der Waals surface area contributed by atoms with Gasteiger partial charge in [0.05, 0.1) is 10.6 Å². The Hall–Kier alpha value is -1.33. The number of carboxylic acids is 1. The lowest BCUT2D eigenvalue weighted by Crippen LogP contribution is -2.30. The highest BCUT2D eigenvalue weighted by molar-refractivity contribution is 6.41. The maximum atomic E-state index is 11.8. The first-order valence-corrected chi connectivity index (χ1v) is 6.50. The normalized spacial score (nSPS) is 11.9. The van der Waals surface area contributed by atoms with Gasteiger partial charge in [-0.3, -0.25) is 9.59 Å². The van der Waals surface area contributed by atoms with Gasteiger partial charge in [0.1, 0.15) is 5.15 Å². The number of halogens is 2. The molecular formula is C12H14Cl2N2O3. The van der Waals surface area contributed by atoms with Crippen molar-refractivity contribution in [2.45, 2.75) is 19.8 Å². The molecule has 0 saturated heterocycles. The molecule has 1 atom stereocenters. The summed E-state index contributed by atoms with van der Waals surface area (Å²) in [6.45, 7) is 2.17. The maximum Gasteiger partial charge on any atom is 0.303 e. The molecule has 0 spiro atoms. The number of hydrogen-bond acceptors (Lipinski definition) is 3. The van der Waals surface area contributed by atoms with Gasteiger partial charge in [0.15, 0.2) is 0 Å². The van der Waals surface area contributed by atoms with Gasteiger partial charge in [-0.1, -0.05) is 36.5 Å². The predicted octanol–water partition coefficient (Wildman–Crippen LogP) is 2.62. The van der Waals surface area contributed by atoms with Gasteiger partial charge in [0.2, 0.25) is 0 Å². The van der Waals surface area contributed by atoms with Gasteiger partial charge in [0, 0.05) is 19.2 Å². The molecule has 1 rings (SSSR count). The average Bonchev–Trinajstić information content (AvgIpc) is 2.36. The first kappa shape index (κ1) is 15.7. The summed E-state index contributed by atoms with van der Waals surface area (Å²) in [4.78, 5) is 26.2. The lowest BCUT2D eigenvalue weighted by atomic mass is 10.0. The summed E-state index contributed by atoms with van der Waals surface area (Å²) in [7, 11) is 0.